The molecule has 4 rings (SSSR count). The first-order chi connectivity index (χ1) is 14.7. The van der Waals surface area contributed by atoms with Crippen LogP contribution < -0.4 is 5.32 Å². The minimum absolute atomic E-state index is 0.0239. The van der Waals surface area contributed by atoms with Gasteiger partial charge in [0.25, 0.3) is 0 Å². The lowest BCUT2D eigenvalue weighted by Crippen LogP contribution is -2.43. The number of alkyl halides is 2. The summed E-state index contributed by atoms with van der Waals surface area (Å²) in [6, 6.07) is 6.01. The maximum absolute atomic E-state index is 13.3. The van der Waals surface area contributed by atoms with Crippen molar-refractivity contribution in [3.05, 3.63) is 34.5 Å². The average Bonchev–Trinajstić information content (AvgIpc) is 3.07. The number of nitrogens with one attached hydrogen (secondary N) is 2. The second kappa shape index (κ2) is 9.07. The van der Waals surface area contributed by atoms with Gasteiger partial charge in [0.05, 0.1) is 6.04 Å². The Hall–Kier alpha value is -1.66. The fourth-order valence-electron chi connectivity index (χ4n) is 5.10. The summed E-state index contributed by atoms with van der Waals surface area (Å²) in [7, 11) is 0. The predicted molar refractivity (Wildman–Crippen MR) is 121 cm³/mol. The Labute approximate surface area is 187 Å². The summed E-state index contributed by atoms with van der Waals surface area (Å²) in [6.45, 7) is 5.58. The van der Waals surface area contributed by atoms with Crippen LogP contribution in [0.2, 0.25) is 5.02 Å². The van der Waals surface area contributed by atoms with Crippen LogP contribution in [0.3, 0.4) is 0 Å². The fraction of sp³-hybridized carbons (Fsp3) is 0.625. The molecule has 1 atom stereocenters. The number of fused-ring (bicyclic) bond motifs is 3. The lowest BCUT2D eigenvalue weighted by atomic mass is 9.91. The van der Waals surface area contributed by atoms with Gasteiger partial charge in [-0.15, -0.1) is 0 Å². The van der Waals surface area contributed by atoms with Gasteiger partial charge in [-0.2, -0.15) is 0 Å². The summed E-state index contributed by atoms with van der Waals surface area (Å²) in [5.41, 5.74) is 3.47. The van der Waals surface area contributed by atoms with Crippen molar-refractivity contribution in [2.75, 3.05) is 13.1 Å². The van der Waals surface area contributed by atoms with Gasteiger partial charge in [0.1, 0.15) is 0 Å². The molecule has 0 saturated heterocycles. The number of H-pyrrole nitrogens is 1. The van der Waals surface area contributed by atoms with Gasteiger partial charge in [-0.3, -0.25) is 4.79 Å². The molecule has 1 aliphatic heterocycles. The summed E-state index contributed by atoms with van der Waals surface area (Å²) in [6.07, 6.45) is 2.92. The molecule has 1 aromatic carbocycles. The molecule has 1 fully saturated rings. The number of aromatic nitrogens is 1. The lowest BCUT2D eigenvalue weighted by molar-refractivity contribution is -0.134. The first-order valence-corrected chi connectivity index (χ1v) is 11.8. The van der Waals surface area contributed by atoms with Crippen molar-refractivity contribution < 1.29 is 13.6 Å². The smallest absolute Gasteiger partial charge is 0.248 e. The highest BCUT2D eigenvalue weighted by atomic mass is 35.5. The van der Waals surface area contributed by atoms with E-state index < -0.39 is 5.92 Å². The number of carbonyl (C=O) groups is 1. The van der Waals surface area contributed by atoms with Crippen LogP contribution in [0.5, 0.6) is 0 Å². The highest BCUT2D eigenvalue weighted by molar-refractivity contribution is 6.31. The molecule has 170 valence electrons. The van der Waals surface area contributed by atoms with E-state index in [1.165, 1.54) is 5.56 Å². The molecule has 1 aromatic heterocycles. The molecule has 0 radical (unpaired) electrons. The summed E-state index contributed by atoms with van der Waals surface area (Å²) < 4.78 is 26.7. The zero-order valence-corrected chi connectivity index (χ0v) is 19.1. The summed E-state index contributed by atoms with van der Waals surface area (Å²) in [5, 5.41) is 5.20. The molecule has 2 aliphatic rings. The second-order valence-electron chi connectivity index (χ2n) is 9.52. The third kappa shape index (κ3) is 5.06. The van der Waals surface area contributed by atoms with E-state index in [0.29, 0.717) is 38.3 Å². The summed E-state index contributed by atoms with van der Waals surface area (Å²) >= 11 is 6.23. The highest BCUT2D eigenvalue weighted by Crippen LogP contribution is 2.39. The number of aromatic amines is 1. The average molecular weight is 452 g/mol. The Kier molecular flexibility index (Phi) is 6.59. The quantitative estimate of drug-likeness (QED) is 0.578. The third-order valence-corrected chi connectivity index (χ3v) is 6.95. The second-order valence-corrected chi connectivity index (χ2v) is 9.96. The molecule has 7 heteroatoms. The van der Waals surface area contributed by atoms with E-state index in [9.17, 15) is 13.6 Å². The Balaban J connectivity index is 1.44. The topological polar surface area (TPSA) is 48.1 Å². The van der Waals surface area contributed by atoms with Crippen molar-refractivity contribution in [1.82, 2.24) is 15.2 Å². The monoisotopic (exact) mass is 451 g/mol. The van der Waals surface area contributed by atoms with Crippen molar-refractivity contribution in [2.24, 2.45) is 5.92 Å². The van der Waals surface area contributed by atoms with Crippen LogP contribution in [-0.4, -0.2) is 40.8 Å². The first-order valence-electron chi connectivity index (χ1n) is 11.4. The van der Waals surface area contributed by atoms with Gasteiger partial charge in [0.15, 0.2) is 0 Å². The maximum Gasteiger partial charge on any atom is 0.248 e. The Morgan fingerprint density at radius 1 is 1.32 bits per heavy atom. The molecule has 0 bridgehead atoms. The molecule has 1 saturated carbocycles. The molecule has 2 heterocycles. The number of hydrogen-bond acceptors (Lipinski definition) is 2. The van der Waals surface area contributed by atoms with Crippen LogP contribution in [0.15, 0.2) is 18.2 Å². The van der Waals surface area contributed by atoms with Gasteiger partial charge < -0.3 is 15.2 Å². The lowest BCUT2D eigenvalue weighted by Gasteiger charge is -2.37. The molecule has 2 aromatic rings. The Morgan fingerprint density at radius 2 is 2.06 bits per heavy atom. The van der Waals surface area contributed by atoms with Crippen LogP contribution >= 0.6 is 11.6 Å². The molecule has 4 nitrogen and oxygen atoms in total. The number of nitrogens with zero attached hydrogens (tertiary/aromatic N) is 1. The van der Waals surface area contributed by atoms with Gasteiger partial charge in [-0.25, -0.2) is 8.78 Å². The largest absolute Gasteiger partial charge is 0.356 e. The van der Waals surface area contributed by atoms with Crippen molar-refractivity contribution in [3.8, 4) is 0 Å². The number of halogens is 3. The summed E-state index contributed by atoms with van der Waals surface area (Å²) in [4.78, 5) is 18.7. The fourth-order valence-corrected chi connectivity index (χ4v) is 5.27. The Morgan fingerprint density at radius 3 is 2.77 bits per heavy atom. The SMILES string of the molecule is CC(C)C[C@H]1c2[nH]c3ccc(Cl)cc3c2CCN1C(=O)CCNC1CCC(F)(F)CC1. The van der Waals surface area contributed by atoms with Crippen LogP contribution in [0.25, 0.3) is 10.9 Å². The predicted octanol–water partition coefficient (Wildman–Crippen LogP) is 5.85. The van der Waals surface area contributed by atoms with Crippen molar-refractivity contribution in [3.63, 3.8) is 0 Å². The zero-order chi connectivity index (χ0) is 22.2. The Bertz CT molecular complexity index is 932. The number of amides is 1. The van der Waals surface area contributed by atoms with E-state index in [-0.39, 0.29) is 30.8 Å². The minimum Gasteiger partial charge on any atom is -0.356 e. The van der Waals surface area contributed by atoms with Gasteiger partial charge >= 0.3 is 0 Å². The zero-order valence-electron chi connectivity index (χ0n) is 18.3. The standard InChI is InChI=1S/C24H32ClF2N3O/c1-15(2)13-21-23-18(19-14-16(25)3-4-20(19)29-23)8-12-30(21)22(31)7-11-28-17-5-9-24(26,27)10-6-17/h3-4,14-15,17,21,28-29H,5-13H2,1-2H3/t21-/m0/s1. The number of benzene rings is 1. The molecule has 0 spiro atoms. The molecule has 1 amide bonds. The van der Waals surface area contributed by atoms with Gasteiger partial charge in [0, 0.05) is 60.0 Å². The number of carbonyl (C=O) groups excluding carboxylic acids is 1. The van der Waals surface area contributed by atoms with E-state index in [1.54, 1.807) is 0 Å². The molecule has 0 unspecified atom stereocenters. The van der Waals surface area contributed by atoms with E-state index in [2.05, 4.69) is 24.1 Å². The van der Waals surface area contributed by atoms with Crippen molar-refractivity contribution in [1.29, 1.82) is 0 Å². The van der Waals surface area contributed by atoms with Gasteiger partial charge in [-0.05, 0) is 55.4 Å². The highest BCUT2D eigenvalue weighted by Gasteiger charge is 2.35. The molecular formula is C24H32ClF2N3O. The normalized spacial score (nSPS) is 21.6. The number of rotatable bonds is 6. The first kappa shape index (κ1) is 22.5. The van der Waals surface area contributed by atoms with Crippen LogP contribution in [0, 0.1) is 5.92 Å². The van der Waals surface area contributed by atoms with Gasteiger partial charge in [0.2, 0.25) is 11.8 Å². The molecule has 2 N–H and O–H groups in total. The van der Waals surface area contributed by atoms with Crippen LogP contribution in [0.1, 0.15) is 69.7 Å². The number of hydrogen-bond donors (Lipinski definition) is 2. The van der Waals surface area contributed by atoms with Crippen LogP contribution in [-0.2, 0) is 11.2 Å². The molecule has 31 heavy (non-hydrogen) atoms. The van der Waals surface area contributed by atoms with E-state index >= 15 is 0 Å². The van der Waals surface area contributed by atoms with E-state index in [0.717, 1.165) is 34.5 Å². The maximum atomic E-state index is 13.3. The van der Waals surface area contributed by atoms with E-state index in [4.69, 9.17) is 11.6 Å². The molecule has 1 aliphatic carbocycles. The van der Waals surface area contributed by atoms with Crippen molar-refractivity contribution in [2.45, 2.75) is 76.8 Å². The third-order valence-electron chi connectivity index (χ3n) is 6.72. The van der Waals surface area contributed by atoms with Gasteiger partial charge in [-0.1, -0.05) is 25.4 Å². The van der Waals surface area contributed by atoms with Crippen molar-refractivity contribution >= 4 is 28.4 Å². The molecular weight excluding hydrogens is 420 g/mol. The van der Waals surface area contributed by atoms with E-state index in [1.807, 2.05) is 23.1 Å². The van der Waals surface area contributed by atoms with Crippen LogP contribution in [0.4, 0.5) is 8.78 Å². The summed E-state index contributed by atoms with van der Waals surface area (Å²) in [5.74, 6) is -1.95. The minimum atomic E-state index is -2.52.